The number of phenolic OH excluding ortho intramolecular Hbond substituents is 1. The van der Waals surface area contributed by atoms with Gasteiger partial charge in [0.1, 0.15) is 5.75 Å². The Bertz CT molecular complexity index is 1840. The van der Waals surface area contributed by atoms with Crippen molar-refractivity contribution in [3.63, 3.8) is 0 Å². The third-order valence-corrected chi connectivity index (χ3v) is 12.5. The monoisotopic (exact) mass is 665 g/mol. The molecule has 0 atom stereocenters. The van der Waals surface area contributed by atoms with Gasteiger partial charge in [0, 0.05) is 0 Å². The van der Waals surface area contributed by atoms with Crippen molar-refractivity contribution in [3.05, 3.63) is 146 Å². The molecule has 220 valence electrons. The smallest absolute Gasteiger partial charge is 0.116 e. The van der Waals surface area contributed by atoms with Gasteiger partial charge in [-0.3, -0.25) is 0 Å². The van der Waals surface area contributed by atoms with Gasteiger partial charge in [0.15, 0.2) is 0 Å². The van der Waals surface area contributed by atoms with Gasteiger partial charge in [-0.1, -0.05) is 126 Å². The first kappa shape index (κ1) is 35.2. The maximum absolute atomic E-state index is 9.13. The van der Waals surface area contributed by atoms with Crippen molar-refractivity contribution in [3.8, 4) is 28.0 Å². The maximum atomic E-state index is 9.13. The Balaban J connectivity index is 0.000000232. The molecule has 0 unspecified atom stereocenters. The first-order valence-corrected chi connectivity index (χ1v) is 18.8. The number of aromatic hydroxyl groups is 1. The molecule has 1 N–H and O–H groups in total. The van der Waals surface area contributed by atoms with Crippen molar-refractivity contribution in [2.24, 2.45) is 0 Å². The van der Waals surface area contributed by atoms with Gasteiger partial charge in [0.25, 0.3) is 0 Å². The van der Waals surface area contributed by atoms with Crippen LogP contribution in [0.2, 0.25) is 12.1 Å². The second-order valence-corrected chi connectivity index (χ2v) is 16.3. The number of rotatable bonds is 4. The van der Waals surface area contributed by atoms with E-state index in [4.69, 9.17) is 5.11 Å². The summed E-state index contributed by atoms with van der Waals surface area (Å²) in [5, 5.41) is 16.6. The first-order valence-electron chi connectivity index (χ1n) is 14.5. The molecular formula is C39H35Cl2OSiTi-. The van der Waals surface area contributed by atoms with Gasteiger partial charge >= 0.3 is 51.3 Å². The van der Waals surface area contributed by atoms with Crippen LogP contribution in [0.4, 0.5) is 0 Å². The fraction of sp³-hybridized carbons (Fsp3) is 0.103. The van der Waals surface area contributed by atoms with Gasteiger partial charge in [-0.05, 0) is 34.0 Å². The molecule has 0 spiro atoms. The Morgan fingerprint density at radius 1 is 0.523 bits per heavy atom. The van der Waals surface area contributed by atoms with Gasteiger partial charge in [-0.2, -0.15) is 0 Å². The molecule has 0 aromatic heterocycles. The van der Waals surface area contributed by atoms with E-state index in [2.05, 4.69) is 136 Å². The Morgan fingerprint density at radius 2 is 0.977 bits per heavy atom. The van der Waals surface area contributed by atoms with E-state index < -0.39 is 0 Å². The molecule has 7 rings (SSSR count). The van der Waals surface area contributed by atoms with Crippen molar-refractivity contribution < 1.29 is 49.1 Å². The Hall–Kier alpha value is -3.24. The minimum Gasteiger partial charge on any atom is -1.00 e. The van der Waals surface area contributed by atoms with E-state index in [0.29, 0.717) is 5.75 Å². The summed E-state index contributed by atoms with van der Waals surface area (Å²) in [6.07, 6.45) is 0.132. The van der Waals surface area contributed by atoms with Crippen molar-refractivity contribution in [1.29, 1.82) is 0 Å². The third-order valence-electron chi connectivity index (χ3n) is 7.51. The van der Waals surface area contributed by atoms with Gasteiger partial charge in [-0.15, -0.1) is 39.7 Å². The summed E-state index contributed by atoms with van der Waals surface area (Å²) in [7, 11) is 0. The molecule has 0 saturated carbocycles. The number of halogens is 2. The second-order valence-electron chi connectivity index (χ2n) is 10.3. The zero-order valence-electron chi connectivity index (χ0n) is 25.0. The van der Waals surface area contributed by atoms with E-state index in [-0.39, 0.29) is 31.0 Å². The maximum Gasteiger partial charge on any atom is 0.116 e. The number of fused-ring (bicyclic) bond motifs is 4. The first-order chi connectivity index (χ1) is 20.6. The van der Waals surface area contributed by atoms with Crippen LogP contribution in [0.15, 0.2) is 146 Å². The molecule has 5 heteroatoms. The summed E-state index contributed by atoms with van der Waals surface area (Å²) in [5.41, 5.74) is 5.07. The third kappa shape index (κ3) is 8.91. The Kier molecular flexibility index (Phi) is 13.9. The zero-order chi connectivity index (χ0) is 29.3. The largest absolute Gasteiger partial charge is 1.00 e. The normalized spacial score (nSPS) is 10.1. The minimum absolute atomic E-state index is 0. The molecule has 0 saturated heterocycles. The summed E-state index contributed by atoms with van der Waals surface area (Å²) >= 11 is 2.38. The number of hydrogen-bond acceptors (Lipinski definition) is 1. The summed E-state index contributed by atoms with van der Waals surface area (Å²) in [5.74, 6) is 0.323. The van der Waals surface area contributed by atoms with E-state index in [1.807, 2.05) is 30.3 Å². The van der Waals surface area contributed by atoms with E-state index in [9.17, 15) is 0 Å². The Labute approximate surface area is 285 Å². The van der Waals surface area contributed by atoms with Gasteiger partial charge < -0.3 is 29.9 Å². The molecule has 0 bridgehead atoms. The van der Waals surface area contributed by atoms with Crippen LogP contribution in [0.25, 0.3) is 54.6 Å². The average molecular weight is 667 g/mol. The molecule has 0 aliphatic rings. The summed E-state index contributed by atoms with van der Waals surface area (Å²) in [4.78, 5) is 0. The second kappa shape index (κ2) is 17.3. The van der Waals surface area contributed by atoms with Crippen LogP contribution in [-0.4, -0.2) is 11.3 Å². The molecule has 0 fully saturated rings. The van der Waals surface area contributed by atoms with Crippen LogP contribution in [-0.2, 0) is 19.2 Å². The van der Waals surface area contributed by atoms with Crippen molar-refractivity contribution in [2.75, 3.05) is 0 Å². The average Bonchev–Trinajstić information content (AvgIpc) is 3.43. The fourth-order valence-electron chi connectivity index (χ4n) is 5.07. The van der Waals surface area contributed by atoms with Crippen molar-refractivity contribution in [2.45, 2.75) is 25.9 Å². The standard InChI is InChI=1S/C25H17.C10H8O.C4H10Si.2ClH.Ti/c1-3-7-18(8-4-1)20-11-13-24-22(15-20)17-23-16-21(12-14-25(23)24)19-9-5-2-6-10-19;11-10-6-5-8-3-1-2-4-9(8)7-10;1-3-5-4-2;;;/h1-17H;1-7,11H;3-4H2,1-2H3;2*1H;/q-1;;;;;+2/p-2. The summed E-state index contributed by atoms with van der Waals surface area (Å²) in [6.45, 7) is 4.55. The Morgan fingerprint density at radius 3 is 1.43 bits per heavy atom. The molecule has 0 aliphatic heterocycles. The van der Waals surface area contributed by atoms with E-state index in [0.717, 1.165) is 10.8 Å². The number of hydrogen-bond donors (Lipinski definition) is 1. The fourth-order valence-corrected chi connectivity index (χ4v) is 5.57. The molecular weight excluding hydrogens is 631 g/mol. The van der Waals surface area contributed by atoms with Gasteiger partial charge in [0.05, 0.1) is 0 Å². The zero-order valence-corrected chi connectivity index (χ0v) is 29.0. The van der Waals surface area contributed by atoms with Crippen LogP contribution < -0.4 is 24.8 Å². The topological polar surface area (TPSA) is 20.2 Å². The van der Waals surface area contributed by atoms with Crippen LogP contribution in [0.1, 0.15) is 13.8 Å². The number of benzene rings is 6. The van der Waals surface area contributed by atoms with E-state index in [1.165, 1.54) is 55.9 Å². The predicted molar refractivity (Wildman–Crippen MR) is 180 cm³/mol. The van der Waals surface area contributed by atoms with Gasteiger partial charge in [0.2, 0.25) is 0 Å². The van der Waals surface area contributed by atoms with Crippen LogP contribution in [0, 0.1) is 0 Å². The molecule has 44 heavy (non-hydrogen) atoms. The molecule has 0 aliphatic carbocycles. The molecule has 0 amide bonds. The van der Waals surface area contributed by atoms with Crippen molar-refractivity contribution in [1.82, 2.24) is 0 Å². The molecule has 7 aromatic rings. The molecule has 0 heterocycles. The summed E-state index contributed by atoms with van der Waals surface area (Å²) < 4.78 is 0. The van der Waals surface area contributed by atoms with Crippen molar-refractivity contribution >= 4 is 38.5 Å². The van der Waals surface area contributed by atoms with Crippen LogP contribution in [0.5, 0.6) is 5.75 Å². The molecule has 7 aromatic carbocycles. The molecule has 1 nitrogen and oxygen atoms in total. The SMILES string of the molecule is CC[Si](=[Ti+2])CC.Oc1ccc2ccccc2c1.[Cl-].[Cl-].c1ccc(-c2ccc3c(c2)[cH-]c2cc(-c4ccccc4)ccc23)cc1. The number of phenols is 1. The summed E-state index contributed by atoms with van der Waals surface area (Å²) in [6, 6.07) is 53.2. The van der Waals surface area contributed by atoms with Gasteiger partial charge in [-0.25, -0.2) is 0 Å². The van der Waals surface area contributed by atoms with Crippen LogP contribution >= 0.6 is 0 Å². The van der Waals surface area contributed by atoms with E-state index >= 15 is 0 Å². The van der Waals surface area contributed by atoms with E-state index in [1.54, 1.807) is 12.1 Å². The quantitative estimate of drug-likeness (QED) is 0.203. The molecule has 0 radical (unpaired) electrons. The van der Waals surface area contributed by atoms with Crippen LogP contribution in [0.3, 0.4) is 0 Å². The predicted octanol–water partition coefficient (Wildman–Crippen LogP) is 5.16. The minimum atomic E-state index is 0.